The van der Waals surface area contributed by atoms with Crippen LogP contribution >= 0.6 is 28.3 Å². The lowest BCUT2D eigenvalue weighted by Crippen LogP contribution is -1.92. The van der Waals surface area contributed by atoms with Crippen molar-refractivity contribution in [2.24, 2.45) is 0 Å². The first-order chi connectivity index (χ1) is 4.20. The summed E-state index contributed by atoms with van der Waals surface area (Å²) in [7, 11) is 0. The first kappa shape index (κ1) is 9.58. The summed E-state index contributed by atoms with van der Waals surface area (Å²) in [5, 5.41) is 2.10. The molecule has 56 valence electrons. The summed E-state index contributed by atoms with van der Waals surface area (Å²) in [5.41, 5.74) is 5.73. The topological polar surface area (TPSA) is 56.0 Å². The minimum absolute atomic E-state index is 0. The van der Waals surface area contributed by atoms with Gasteiger partial charge in [-0.1, -0.05) is 0 Å². The summed E-state index contributed by atoms with van der Waals surface area (Å²) in [4.78, 5) is 14.3. The number of nitrogens with zero attached hydrogens (tertiary/aromatic N) is 1. The first-order valence-electron chi connectivity index (χ1n) is 2.42. The van der Waals surface area contributed by atoms with Crippen LogP contribution in [0.15, 0.2) is 5.38 Å². The maximum atomic E-state index is 10.5. The fourth-order valence-electron chi connectivity index (χ4n) is 0.449. The number of carbonyl (C=O) groups is 1. The Morgan fingerprint density at radius 2 is 2.40 bits per heavy atom. The quantitative estimate of drug-likeness (QED) is 0.734. The number of aromatic nitrogens is 1. The molecule has 1 aromatic rings. The summed E-state index contributed by atoms with van der Waals surface area (Å²) >= 11 is 1.28. The number of rotatable bonds is 1. The third-order valence-corrected chi connectivity index (χ3v) is 1.56. The smallest absolute Gasteiger partial charge is 0.180 e. The van der Waals surface area contributed by atoms with Crippen molar-refractivity contribution in [3.05, 3.63) is 11.1 Å². The van der Waals surface area contributed by atoms with Gasteiger partial charge < -0.3 is 5.73 Å². The molecule has 5 heteroatoms. The lowest BCUT2D eigenvalue weighted by molar-refractivity contribution is 0.101. The number of carbonyl (C=O) groups excluding carboxylic acids is 1. The highest BCUT2D eigenvalue weighted by Crippen LogP contribution is 2.10. The van der Waals surface area contributed by atoms with Crippen LogP contribution in [-0.4, -0.2) is 10.8 Å². The second-order valence-electron chi connectivity index (χ2n) is 1.63. The summed E-state index contributed by atoms with van der Waals surface area (Å²) in [6.45, 7) is 1.47. The fraction of sp³-hybridized carbons (Fsp3) is 0.200. The molecule has 0 unspecified atom stereocenters. The third kappa shape index (κ3) is 2.07. The maximum Gasteiger partial charge on any atom is 0.180 e. The van der Waals surface area contributed by atoms with Crippen LogP contribution in [-0.2, 0) is 0 Å². The zero-order valence-corrected chi connectivity index (χ0v) is 7.86. The molecular formula is C5H7BrN2OS. The summed E-state index contributed by atoms with van der Waals surface area (Å²) in [6, 6.07) is 0. The van der Waals surface area contributed by atoms with Gasteiger partial charge in [0.1, 0.15) is 5.69 Å². The van der Waals surface area contributed by atoms with Crippen molar-refractivity contribution >= 4 is 39.2 Å². The molecule has 0 aliphatic carbocycles. The molecular weight excluding hydrogens is 216 g/mol. The molecule has 1 heterocycles. The average molecular weight is 223 g/mol. The third-order valence-electron chi connectivity index (χ3n) is 0.883. The number of halogens is 1. The van der Waals surface area contributed by atoms with Crippen molar-refractivity contribution in [2.45, 2.75) is 6.92 Å². The van der Waals surface area contributed by atoms with Gasteiger partial charge in [0.15, 0.2) is 10.9 Å². The van der Waals surface area contributed by atoms with Crippen molar-refractivity contribution in [1.29, 1.82) is 0 Å². The van der Waals surface area contributed by atoms with Crippen molar-refractivity contribution in [1.82, 2.24) is 4.98 Å². The normalized spacial score (nSPS) is 8.50. The van der Waals surface area contributed by atoms with Crippen LogP contribution < -0.4 is 5.73 Å². The molecule has 0 bridgehead atoms. The summed E-state index contributed by atoms with van der Waals surface area (Å²) < 4.78 is 0. The summed E-state index contributed by atoms with van der Waals surface area (Å²) in [6.07, 6.45) is 0. The van der Waals surface area contributed by atoms with E-state index in [2.05, 4.69) is 4.98 Å². The number of anilines is 1. The molecule has 0 aromatic carbocycles. The minimum atomic E-state index is -0.0389. The van der Waals surface area contributed by atoms with E-state index in [1.807, 2.05) is 0 Å². The Labute approximate surface area is 73.0 Å². The van der Waals surface area contributed by atoms with E-state index in [-0.39, 0.29) is 22.8 Å². The van der Waals surface area contributed by atoms with Gasteiger partial charge in [0.2, 0.25) is 0 Å². The number of hydrogen-bond acceptors (Lipinski definition) is 4. The Bertz CT molecular complexity index is 235. The van der Waals surface area contributed by atoms with Crippen molar-refractivity contribution in [3.63, 3.8) is 0 Å². The summed E-state index contributed by atoms with van der Waals surface area (Å²) in [5.74, 6) is -0.0389. The fourth-order valence-corrected chi connectivity index (χ4v) is 1.05. The van der Waals surface area contributed by atoms with Gasteiger partial charge in [-0.25, -0.2) is 4.98 Å². The van der Waals surface area contributed by atoms with Gasteiger partial charge in [0.05, 0.1) is 0 Å². The highest BCUT2D eigenvalue weighted by atomic mass is 79.9. The molecule has 3 nitrogen and oxygen atoms in total. The maximum absolute atomic E-state index is 10.5. The second kappa shape index (κ2) is 3.68. The van der Waals surface area contributed by atoms with Crippen LogP contribution in [0.2, 0.25) is 0 Å². The molecule has 0 saturated carbocycles. The van der Waals surface area contributed by atoms with E-state index in [0.717, 1.165) is 0 Å². The molecule has 0 saturated heterocycles. The van der Waals surface area contributed by atoms with Gasteiger partial charge in [-0.3, -0.25) is 4.79 Å². The standard InChI is InChI=1S/C5H6N2OS.BrH/c1-3(8)4-2-9-5(6)7-4;/h2H,1H3,(H2,6,7);1H. The molecule has 10 heavy (non-hydrogen) atoms. The van der Waals surface area contributed by atoms with Crippen LogP contribution in [0.5, 0.6) is 0 Å². The molecule has 0 amide bonds. The van der Waals surface area contributed by atoms with Crippen LogP contribution in [0.25, 0.3) is 0 Å². The van der Waals surface area contributed by atoms with Crippen LogP contribution in [0.1, 0.15) is 17.4 Å². The molecule has 0 aliphatic rings. The van der Waals surface area contributed by atoms with Crippen molar-refractivity contribution in [2.75, 3.05) is 5.73 Å². The molecule has 0 radical (unpaired) electrons. The lowest BCUT2D eigenvalue weighted by Gasteiger charge is -1.80. The predicted octanol–water partition coefficient (Wildman–Crippen LogP) is 1.51. The average Bonchev–Trinajstić information content (AvgIpc) is 2.14. The van der Waals surface area contributed by atoms with Crippen LogP contribution in [0.4, 0.5) is 5.13 Å². The van der Waals surface area contributed by atoms with Gasteiger partial charge in [0, 0.05) is 12.3 Å². The van der Waals surface area contributed by atoms with E-state index in [1.165, 1.54) is 18.3 Å². The van der Waals surface area contributed by atoms with Gasteiger partial charge in [-0.15, -0.1) is 28.3 Å². The largest absolute Gasteiger partial charge is 0.375 e. The van der Waals surface area contributed by atoms with E-state index in [4.69, 9.17) is 5.73 Å². The zero-order chi connectivity index (χ0) is 6.85. The van der Waals surface area contributed by atoms with E-state index < -0.39 is 0 Å². The van der Waals surface area contributed by atoms with E-state index in [9.17, 15) is 4.79 Å². The number of hydrogen-bond donors (Lipinski definition) is 1. The molecule has 0 spiro atoms. The number of thiazole rings is 1. The number of nitrogen functional groups attached to an aromatic ring is 1. The Morgan fingerprint density at radius 3 is 2.60 bits per heavy atom. The van der Waals surface area contributed by atoms with E-state index >= 15 is 0 Å². The van der Waals surface area contributed by atoms with E-state index in [0.29, 0.717) is 10.8 Å². The lowest BCUT2D eigenvalue weighted by atomic mass is 10.4. The predicted molar refractivity (Wildman–Crippen MR) is 46.9 cm³/mol. The Morgan fingerprint density at radius 1 is 1.80 bits per heavy atom. The van der Waals surface area contributed by atoms with Crippen LogP contribution in [0, 0.1) is 0 Å². The number of ketones is 1. The molecule has 1 rings (SSSR count). The molecule has 0 aliphatic heterocycles. The van der Waals surface area contributed by atoms with Gasteiger partial charge in [0.25, 0.3) is 0 Å². The highest BCUT2D eigenvalue weighted by molar-refractivity contribution is 8.93. The molecule has 2 N–H and O–H groups in total. The van der Waals surface area contributed by atoms with Gasteiger partial charge >= 0.3 is 0 Å². The Hall–Kier alpha value is -0.420. The monoisotopic (exact) mass is 222 g/mol. The van der Waals surface area contributed by atoms with Crippen molar-refractivity contribution < 1.29 is 4.79 Å². The molecule has 1 aromatic heterocycles. The van der Waals surface area contributed by atoms with Crippen LogP contribution in [0.3, 0.4) is 0 Å². The molecule has 0 atom stereocenters. The number of nitrogens with two attached hydrogens (primary N) is 1. The molecule has 0 fully saturated rings. The first-order valence-corrected chi connectivity index (χ1v) is 3.30. The second-order valence-corrected chi connectivity index (χ2v) is 2.52. The van der Waals surface area contributed by atoms with Gasteiger partial charge in [-0.2, -0.15) is 0 Å². The van der Waals surface area contributed by atoms with Gasteiger partial charge in [-0.05, 0) is 0 Å². The number of Topliss-reactive ketones (excluding diaryl/α,β-unsaturated/α-hetero) is 1. The Balaban J connectivity index is 0.000000810. The van der Waals surface area contributed by atoms with E-state index in [1.54, 1.807) is 5.38 Å². The highest BCUT2D eigenvalue weighted by Gasteiger charge is 2.01. The SMILES string of the molecule is Br.CC(=O)c1csc(N)n1. The minimum Gasteiger partial charge on any atom is -0.375 e. The zero-order valence-electron chi connectivity index (χ0n) is 5.33. The van der Waals surface area contributed by atoms with Crippen molar-refractivity contribution in [3.8, 4) is 0 Å². The Kier molecular flexibility index (Phi) is 3.52.